The molecule has 2 heterocycles. The minimum atomic E-state index is -0.354. The van der Waals surface area contributed by atoms with Crippen LogP contribution in [0.25, 0.3) is 6.08 Å². The molecule has 0 radical (unpaired) electrons. The fourth-order valence-electron chi connectivity index (χ4n) is 1.80. The molecule has 0 saturated carbocycles. The van der Waals surface area contributed by atoms with Gasteiger partial charge in [-0.15, -0.1) is 11.3 Å². The van der Waals surface area contributed by atoms with E-state index in [0.29, 0.717) is 6.54 Å². The van der Waals surface area contributed by atoms with E-state index < -0.39 is 0 Å². The maximum absolute atomic E-state index is 11.8. The highest BCUT2D eigenvalue weighted by Gasteiger charge is 2.20. The van der Waals surface area contributed by atoms with Gasteiger partial charge in [0.25, 0.3) is 0 Å². The standard InChI is InChI=1S/C12H15NO2S/c14-10-3-1-7-13(9-10)12(15)6-5-11-4-2-8-16-11/h2,4-6,8,10,14H,1,3,7,9H2/b6-5+/t10-/m1/s1. The number of aliphatic hydroxyl groups is 1. The molecule has 1 atom stereocenters. The topological polar surface area (TPSA) is 40.5 Å². The van der Waals surface area contributed by atoms with E-state index in [9.17, 15) is 9.90 Å². The third kappa shape index (κ3) is 2.93. The van der Waals surface area contributed by atoms with Gasteiger partial charge in [0.1, 0.15) is 0 Å². The molecule has 0 spiro atoms. The van der Waals surface area contributed by atoms with Gasteiger partial charge in [-0.05, 0) is 30.4 Å². The highest BCUT2D eigenvalue weighted by Crippen LogP contribution is 2.13. The van der Waals surface area contributed by atoms with Gasteiger partial charge in [0.2, 0.25) is 5.91 Å². The number of nitrogens with zero attached hydrogens (tertiary/aromatic N) is 1. The van der Waals surface area contributed by atoms with Crippen molar-refractivity contribution in [1.82, 2.24) is 4.90 Å². The van der Waals surface area contributed by atoms with Gasteiger partial charge in [-0.1, -0.05) is 6.07 Å². The number of aliphatic hydroxyl groups excluding tert-OH is 1. The van der Waals surface area contributed by atoms with Crippen LogP contribution in [0.5, 0.6) is 0 Å². The van der Waals surface area contributed by atoms with Gasteiger partial charge in [0.05, 0.1) is 6.10 Å². The lowest BCUT2D eigenvalue weighted by atomic mass is 10.1. The largest absolute Gasteiger partial charge is 0.391 e. The zero-order chi connectivity index (χ0) is 11.4. The van der Waals surface area contributed by atoms with E-state index in [-0.39, 0.29) is 12.0 Å². The number of carbonyl (C=O) groups is 1. The van der Waals surface area contributed by atoms with Crippen molar-refractivity contribution in [2.45, 2.75) is 18.9 Å². The zero-order valence-corrected chi connectivity index (χ0v) is 9.82. The van der Waals surface area contributed by atoms with Gasteiger partial charge in [0.15, 0.2) is 0 Å². The van der Waals surface area contributed by atoms with Gasteiger partial charge in [-0.2, -0.15) is 0 Å². The normalized spacial score (nSPS) is 21.6. The highest BCUT2D eigenvalue weighted by molar-refractivity contribution is 7.10. The maximum Gasteiger partial charge on any atom is 0.246 e. The summed E-state index contributed by atoms with van der Waals surface area (Å²) in [6.07, 6.45) is 4.75. The van der Waals surface area contributed by atoms with Crippen molar-refractivity contribution in [3.8, 4) is 0 Å². The van der Waals surface area contributed by atoms with Crippen LogP contribution in [0.15, 0.2) is 23.6 Å². The van der Waals surface area contributed by atoms with Crippen molar-refractivity contribution in [2.24, 2.45) is 0 Å². The molecule has 1 aliphatic rings. The fraction of sp³-hybridized carbons (Fsp3) is 0.417. The minimum Gasteiger partial charge on any atom is -0.391 e. The van der Waals surface area contributed by atoms with Crippen LogP contribution < -0.4 is 0 Å². The number of likely N-dealkylation sites (tertiary alicyclic amines) is 1. The Labute approximate surface area is 99.0 Å². The second-order valence-corrected chi connectivity index (χ2v) is 4.91. The molecular weight excluding hydrogens is 222 g/mol. The van der Waals surface area contributed by atoms with E-state index in [0.717, 1.165) is 24.3 Å². The molecule has 86 valence electrons. The number of hydrogen-bond donors (Lipinski definition) is 1. The molecule has 1 aromatic rings. The minimum absolute atomic E-state index is 0.00727. The Kier molecular flexibility index (Phi) is 3.74. The zero-order valence-electron chi connectivity index (χ0n) is 9.00. The number of carbonyl (C=O) groups excluding carboxylic acids is 1. The van der Waals surface area contributed by atoms with Gasteiger partial charge < -0.3 is 10.0 Å². The van der Waals surface area contributed by atoms with Crippen LogP contribution in [0.3, 0.4) is 0 Å². The molecule has 0 aromatic carbocycles. The first-order valence-corrected chi connectivity index (χ1v) is 6.32. The van der Waals surface area contributed by atoms with Gasteiger partial charge in [-0.25, -0.2) is 0 Å². The van der Waals surface area contributed by atoms with Crippen molar-refractivity contribution in [3.63, 3.8) is 0 Å². The molecule has 3 nitrogen and oxygen atoms in total. The van der Waals surface area contributed by atoms with Gasteiger partial charge in [0, 0.05) is 24.0 Å². The molecule has 1 amide bonds. The van der Waals surface area contributed by atoms with E-state index in [4.69, 9.17) is 0 Å². The Hall–Kier alpha value is -1.13. The van der Waals surface area contributed by atoms with Crippen molar-refractivity contribution in [3.05, 3.63) is 28.5 Å². The second kappa shape index (κ2) is 5.27. The summed E-state index contributed by atoms with van der Waals surface area (Å²) in [7, 11) is 0. The summed E-state index contributed by atoms with van der Waals surface area (Å²) in [6.45, 7) is 1.22. The number of piperidine rings is 1. The maximum atomic E-state index is 11.8. The van der Waals surface area contributed by atoms with Gasteiger partial charge in [-0.3, -0.25) is 4.79 Å². The molecule has 4 heteroatoms. The molecule has 2 rings (SSSR count). The molecule has 1 N–H and O–H groups in total. The summed E-state index contributed by atoms with van der Waals surface area (Å²) >= 11 is 1.61. The monoisotopic (exact) mass is 237 g/mol. The lowest BCUT2D eigenvalue weighted by molar-refractivity contribution is -0.128. The molecule has 1 aliphatic heterocycles. The molecular formula is C12H15NO2S. The average Bonchev–Trinajstić information content (AvgIpc) is 2.78. The first kappa shape index (κ1) is 11.4. The summed E-state index contributed by atoms with van der Waals surface area (Å²) in [5.74, 6) is -0.00727. The van der Waals surface area contributed by atoms with E-state index in [1.165, 1.54) is 0 Å². The highest BCUT2D eigenvalue weighted by atomic mass is 32.1. The molecule has 0 unspecified atom stereocenters. The van der Waals surface area contributed by atoms with Crippen LogP contribution in [0.2, 0.25) is 0 Å². The molecule has 0 aliphatic carbocycles. The Balaban J connectivity index is 1.92. The summed E-state index contributed by atoms with van der Waals surface area (Å²) in [5.41, 5.74) is 0. The molecule has 0 bridgehead atoms. The third-order valence-corrected chi connectivity index (χ3v) is 3.48. The van der Waals surface area contributed by atoms with Crippen LogP contribution in [-0.4, -0.2) is 35.1 Å². The number of β-amino-alcohol motifs (C(OH)–C–C–N with tert-alkyl or cyclic N) is 1. The van der Waals surface area contributed by atoms with Gasteiger partial charge >= 0.3 is 0 Å². The lowest BCUT2D eigenvalue weighted by Gasteiger charge is -2.29. The van der Waals surface area contributed by atoms with Crippen LogP contribution in [-0.2, 0) is 4.79 Å². The Morgan fingerprint density at radius 3 is 3.19 bits per heavy atom. The predicted octanol–water partition coefficient (Wildman–Crippen LogP) is 1.74. The quantitative estimate of drug-likeness (QED) is 0.796. The second-order valence-electron chi connectivity index (χ2n) is 3.93. The van der Waals surface area contributed by atoms with Crippen LogP contribution in [0.1, 0.15) is 17.7 Å². The first-order valence-electron chi connectivity index (χ1n) is 5.44. The van der Waals surface area contributed by atoms with Crippen molar-refractivity contribution >= 4 is 23.3 Å². The molecule has 1 aromatic heterocycles. The smallest absolute Gasteiger partial charge is 0.246 e. The van der Waals surface area contributed by atoms with E-state index >= 15 is 0 Å². The lowest BCUT2D eigenvalue weighted by Crippen LogP contribution is -2.41. The van der Waals surface area contributed by atoms with Crippen LogP contribution >= 0.6 is 11.3 Å². The summed E-state index contributed by atoms with van der Waals surface area (Å²) < 4.78 is 0. The van der Waals surface area contributed by atoms with E-state index in [2.05, 4.69) is 0 Å². The predicted molar refractivity (Wildman–Crippen MR) is 65.2 cm³/mol. The summed E-state index contributed by atoms with van der Waals surface area (Å²) in [5, 5.41) is 11.4. The van der Waals surface area contributed by atoms with E-state index in [1.54, 1.807) is 22.3 Å². The SMILES string of the molecule is O=C(/C=C/c1cccs1)N1CCC[C@@H](O)C1. The Morgan fingerprint density at radius 2 is 2.50 bits per heavy atom. The van der Waals surface area contributed by atoms with E-state index in [1.807, 2.05) is 23.6 Å². The molecule has 1 saturated heterocycles. The number of amides is 1. The first-order chi connectivity index (χ1) is 7.75. The third-order valence-electron chi connectivity index (χ3n) is 2.64. The van der Waals surface area contributed by atoms with Crippen molar-refractivity contribution in [2.75, 3.05) is 13.1 Å². The number of hydrogen-bond acceptors (Lipinski definition) is 3. The van der Waals surface area contributed by atoms with Crippen LogP contribution in [0, 0.1) is 0 Å². The fourth-order valence-corrected chi connectivity index (χ4v) is 2.42. The Morgan fingerprint density at radius 1 is 1.62 bits per heavy atom. The number of rotatable bonds is 2. The van der Waals surface area contributed by atoms with Crippen molar-refractivity contribution < 1.29 is 9.90 Å². The Bertz CT molecular complexity index is 372. The average molecular weight is 237 g/mol. The van der Waals surface area contributed by atoms with Crippen LogP contribution in [0.4, 0.5) is 0 Å². The summed E-state index contributed by atoms with van der Waals surface area (Å²) in [4.78, 5) is 14.6. The van der Waals surface area contributed by atoms with Crippen molar-refractivity contribution in [1.29, 1.82) is 0 Å². The molecule has 16 heavy (non-hydrogen) atoms. The summed E-state index contributed by atoms with van der Waals surface area (Å²) in [6, 6.07) is 3.93. The number of thiophene rings is 1. The molecule has 1 fully saturated rings.